The predicted molar refractivity (Wildman–Crippen MR) is 67.6 cm³/mol. The van der Waals surface area contributed by atoms with Gasteiger partial charge in [-0.2, -0.15) is 0 Å². The zero-order chi connectivity index (χ0) is 17.4. The van der Waals surface area contributed by atoms with E-state index in [0.29, 0.717) is 0 Å². The summed E-state index contributed by atoms with van der Waals surface area (Å²) in [5.74, 6) is -3.35. The Morgan fingerprint density at radius 3 is 2.09 bits per heavy atom. The molecule has 23 heavy (non-hydrogen) atoms. The van der Waals surface area contributed by atoms with Crippen LogP contribution in [0.1, 0.15) is 0 Å². The van der Waals surface area contributed by atoms with E-state index in [0.717, 1.165) is 0 Å². The van der Waals surface area contributed by atoms with Crippen LogP contribution in [0.4, 0.5) is 0 Å². The lowest BCUT2D eigenvalue weighted by Gasteiger charge is -2.40. The number of aliphatic hydroxyl groups is 7. The Balaban J connectivity index is 2.19. The Kier molecular flexibility index (Phi) is 5.68. The quantitative estimate of drug-likeness (QED) is 0.253. The molecule has 2 fully saturated rings. The highest BCUT2D eigenvalue weighted by molar-refractivity contribution is 5.88. The minimum absolute atomic E-state index is 0.686. The summed E-state index contributed by atoms with van der Waals surface area (Å²) in [5, 5.41) is 66.6. The molecule has 0 saturated carbocycles. The highest BCUT2D eigenvalue weighted by atomic mass is 16.8. The molecule has 0 aliphatic carbocycles. The first-order valence-electron chi connectivity index (χ1n) is 6.91. The number of rotatable bonds is 5. The lowest BCUT2D eigenvalue weighted by atomic mass is 10.0. The molecular formula is C12H20O11. The number of Topliss-reactive ketones (excluding diaryl/α,β-unsaturated/α-hetero) is 1. The van der Waals surface area contributed by atoms with E-state index in [2.05, 4.69) is 0 Å². The Bertz CT molecular complexity index is 431. The topological polar surface area (TPSA) is 186 Å². The molecule has 11 heteroatoms. The summed E-state index contributed by atoms with van der Waals surface area (Å²) in [4.78, 5) is 11.7. The summed E-state index contributed by atoms with van der Waals surface area (Å²) >= 11 is 0. The van der Waals surface area contributed by atoms with Crippen LogP contribution >= 0.6 is 0 Å². The van der Waals surface area contributed by atoms with E-state index in [-0.39, 0.29) is 0 Å². The molecule has 0 aromatic carbocycles. The van der Waals surface area contributed by atoms with Gasteiger partial charge in [-0.05, 0) is 0 Å². The van der Waals surface area contributed by atoms with Crippen LogP contribution in [-0.4, -0.2) is 110 Å². The maximum absolute atomic E-state index is 11.7. The van der Waals surface area contributed by atoms with Crippen molar-refractivity contribution >= 4 is 5.78 Å². The van der Waals surface area contributed by atoms with E-state index in [1.54, 1.807) is 0 Å². The smallest absolute Gasteiger partial charge is 0.224 e. The van der Waals surface area contributed by atoms with Crippen LogP contribution in [0.25, 0.3) is 0 Å². The van der Waals surface area contributed by atoms with Crippen LogP contribution in [0.3, 0.4) is 0 Å². The standard InChI is InChI=1S/C12H20O11/c13-1-4-6(16)8(18)9(19)11(21-4)23-12(3-15)10(20)7(17)5(2-14)22-12/h4-7,9-11,13-17,19-20H,1-3H2/t4?,5-,6-,7?,9?,10+,11-,12-/m0/s1. The first kappa shape index (κ1) is 18.6. The molecule has 0 spiro atoms. The number of hydrogen-bond acceptors (Lipinski definition) is 11. The SMILES string of the molecule is O=C1C(O)[C@H](O[C@]2(CO)O[C@@H](CO)C(O)[C@H]2O)OC(CO)[C@@H]1O. The van der Waals surface area contributed by atoms with Gasteiger partial charge < -0.3 is 50.0 Å². The first-order chi connectivity index (χ1) is 10.8. The molecule has 3 unspecified atom stereocenters. The minimum Gasteiger partial charge on any atom is -0.394 e. The zero-order valence-electron chi connectivity index (χ0n) is 11.9. The molecule has 11 nitrogen and oxygen atoms in total. The van der Waals surface area contributed by atoms with Crippen molar-refractivity contribution in [2.75, 3.05) is 19.8 Å². The van der Waals surface area contributed by atoms with Crippen LogP contribution in [-0.2, 0) is 19.0 Å². The Labute approximate surface area is 130 Å². The fourth-order valence-electron chi connectivity index (χ4n) is 2.52. The normalized spacial score (nSPS) is 48.0. The van der Waals surface area contributed by atoms with Gasteiger partial charge >= 0.3 is 0 Å². The van der Waals surface area contributed by atoms with Crippen LogP contribution in [0.2, 0.25) is 0 Å². The molecule has 2 saturated heterocycles. The molecule has 0 aromatic heterocycles. The molecule has 2 rings (SSSR count). The third-order valence-electron chi connectivity index (χ3n) is 3.90. The molecule has 134 valence electrons. The van der Waals surface area contributed by atoms with Crippen molar-refractivity contribution in [2.45, 2.75) is 48.7 Å². The van der Waals surface area contributed by atoms with Gasteiger partial charge in [-0.3, -0.25) is 4.79 Å². The van der Waals surface area contributed by atoms with E-state index in [1.807, 2.05) is 0 Å². The van der Waals surface area contributed by atoms with Gasteiger partial charge in [0.25, 0.3) is 0 Å². The van der Waals surface area contributed by atoms with Crippen LogP contribution in [0.5, 0.6) is 0 Å². The second-order valence-electron chi connectivity index (χ2n) is 5.38. The highest BCUT2D eigenvalue weighted by Gasteiger charge is 2.58. The average Bonchev–Trinajstić information content (AvgIpc) is 2.80. The lowest BCUT2D eigenvalue weighted by Crippen LogP contribution is -2.61. The molecule has 2 aliphatic rings. The summed E-state index contributed by atoms with van der Waals surface area (Å²) < 4.78 is 15.3. The molecule has 0 radical (unpaired) electrons. The largest absolute Gasteiger partial charge is 0.394 e. The van der Waals surface area contributed by atoms with E-state index >= 15 is 0 Å². The van der Waals surface area contributed by atoms with E-state index in [1.165, 1.54) is 0 Å². The van der Waals surface area contributed by atoms with Crippen molar-refractivity contribution in [3.05, 3.63) is 0 Å². The van der Waals surface area contributed by atoms with Crippen molar-refractivity contribution in [3.63, 3.8) is 0 Å². The first-order valence-corrected chi connectivity index (χ1v) is 6.91. The van der Waals surface area contributed by atoms with Gasteiger partial charge in [-0.25, -0.2) is 0 Å². The van der Waals surface area contributed by atoms with Crippen molar-refractivity contribution in [1.82, 2.24) is 0 Å². The summed E-state index contributed by atoms with van der Waals surface area (Å²) in [7, 11) is 0. The van der Waals surface area contributed by atoms with Crippen LogP contribution in [0, 0.1) is 0 Å². The molecule has 0 amide bonds. The van der Waals surface area contributed by atoms with E-state index in [4.69, 9.17) is 24.4 Å². The minimum atomic E-state index is -2.26. The summed E-state index contributed by atoms with van der Waals surface area (Å²) in [6.45, 7) is -2.43. The van der Waals surface area contributed by atoms with Gasteiger partial charge in [-0.1, -0.05) is 0 Å². The van der Waals surface area contributed by atoms with Crippen LogP contribution in [0.15, 0.2) is 0 Å². The Hall–Kier alpha value is -0.730. The monoisotopic (exact) mass is 340 g/mol. The molecule has 7 N–H and O–H groups in total. The number of aliphatic hydroxyl groups excluding tert-OH is 7. The number of carbonyl (C=O) groups excluding carboxylic acids is 1. The van der Waals surface area contributed by atoms with Gasteiger partial charge in [0.15, 0.2) is 18.2 Å². The Morgan fingerprint density at radius 2 is 1.61 bits per heavy atom. The lowest BCUT2D eigenvalue weighted by molar-refractivity contribution is -0.363. The average molecular weight is 340 g/mol. The predicted octanol–water partition coefficient (Wildman–Crippen LogP) is -5.19. The third kappa shape index (κ3) is 3.13. The number of ketones is 1. The number of ether oxygens (including phenoxy) is 3. The van der Waals surface area contributed by atoms with Gasteiger partial charge in [0.1, 0.15) is 37.1 Å². The molecular weight excluding hydrogens is 320 g/mol. The molecule has 2 aliphatic heterocycles. The zero-order valence-corrected chi connectivity index (χ0v) is 11.9. The molecule has 8 atom stereocenters. The second-order valence-corrected chi connectivity index (χ2v) is 5.38. The Morgan fingerprint density at radius 1 is 1.00 bits per heavy atom. The van der Waals surface area contributed by atoms with Crippen molar-refractivity contribution in [1.29, 1.82) is 0 Å². The number of hydrogen-bond donors (Lipinski definition) is 7. The van der Waals surface area contributed by atoms with E-state index in [9.17, 15) is 30.3 Å². The summed E-state index contributed by atoms with van der Waals surface area (Å²) in [6, 6.07) is 0. The van der Waals surface area contributed by atoms with Crippen LogP contribution < -0.4 is 0 Å². The molecule has 0 aromatic rings. The second kappa shape index (κ2) is 7.03. The van der Waals surface area contributed by atoms with E-state index < -0.39 is 74.3 Å². The van der Waals surface area contributed by atoms with Gasteiger partial charge in [-0.15, -0.1) is 0 Å². The number of carbonyl (C=O) groups is 1. The van der Waals surface area contributed by atoms with Gasteiger partial charge in [0.05, 0.1) is 13.2 Å². The third-order valence-corrected chi connectivity index (χ3v) is 3.90. The fraction of sp³-hybridized carbons (Fsp3) is 0.917. The highest BCUT2D eigenvalue weighted by Crippen LogP contribution is 2.35. The van der Waals surface area contributed by atoms with Crippen molar-refractivity contribution in [2.24, 2.45) is 0 Å². The van der Waals surface area contributed by atoms with Crippen molar-refractivity contribution in [3.8, 4) is 0 Å². The maximum Gasteiger partial charge on any atom is 0.224 e. The van der Waals surface area contributed by atoms with Crippen molar-refractivity contribution < 1.29 is 54.8 Å². The molecule has 2 heterocycles. The molecule has 0 bridgehead atoms. The summed E-state index contributed by atoms with van der Waals surface area (Å²) in [6.07, 6.45) is -11.6. The summed E-state index contributed by atoms with van der Waals surface area (Å²) in [5.41, 5.74) is 0. The van der Waals surface area contributed by atoms with Gasteiger partial charge in [0, 0.05) is 0 Å². The fourth-order valence-corrected chi connectivity index (χ4v) is 2.52. The van der Waals surface area contributed by atoms with Gasteiger partial charge in [0.2, 0.25) is 5.79 Å². The maximum atomic E-state index is 11.7.